The highest BCUT2D eigenvalue weighted by Gasteiger charge is 2.47. The highest BCUT2D eigenvalue weighted by Crippen LogP contribution is 2.47. The predicted octanol–water partition coefficient (Wildman–Crippen LogP) is 6.79. The Balaban J connectivity index is 1.67. The number of tetrazole rings is 1. The Bertz CT molecular complexity index is 1490. The number of benzene rings is 2. The maximum Gasteiger partial charge on any atom is 0.416 e. The Kier molecular flexibility index (Phi) is 8.91. The number of carboxylic acid groups (broad SMARTS) is 1. The molecule has 2 heterocycles. The van der Waals surface area contributed by atoms with Crippen LogP contribution < -0.4 is 10.6 Å². The minimum absolute atomic E-state index is 0.0360. The molecular weight excluding hydrogens is 631 g/mol. The summed E-state index contributed by atoms with van der Waals surface area (Å²) in [5.41, 5.74) is 0.574. The fraction of sp³-hybridized carbons (Fsp3) is 0.462. The fourth-order valence-corrected chi connectivity index (χ4v) is 5.75. The number of hydrogen-bond donors (Lipinski definition) is 2. The molecule has 1 amide bonds. The highest BCUT2D eigenvalue weighted by atomic mass is 32.2. The number of carbonyl (C=O) groups is 1. The van der Waals surface area contributed by atoms with E-state index >= 15 is 0 Å². The molecule has 0 fully saturated rings. The summed E-state index contributed by atoms with van der Waals surface area (Å²) < 4.78 is 121. The fourth-order valence-electron chi connectivity index (χ4n) is 5.11. The number of hydrogen-bond acceptors (Lipinski definition) is 6. The molecule has 1 unspecified atom stereocenters. The summed E-state index contributed by atoms with van der Waals surface area (Å²) in [5, 5.41) is 21.4. The van der Waals surface area contributed by atoms with E-state index in [4.69, 9.17) is 5.73 Å². The minimum Gasteiger partial charge on any atom is -0.465 e. The van der Waals surface area contributed by atoms with Crippen LogP contribution in [0.15, 0.2) is 36.4 Å². The highest BCUT2D eigenvalue weighted by molar-refractivity contribution is 7.99. The molecule has 8 nitrogen and oxygen atoms in total. The van der Waals surface area contributed by atoms with Crippen molar-refractivity contribution in [1.29, 1.82) is 0 Å². The van der Waals surface area contributed by atoms with Gasteiger partial charge in [0.15, 0.2) is 5.82 Å². The van der Waals surface area contributed by atoms with Crippen LogP contribution in [0.3, 0.4) is 0 Å². The van der Waals surface area contributed by atoms with E-state index in [-0.39, 0.29) is 54.5 Å². The molecule has 0 aliphatic carbocycles. The standard InChI is InChI=1S/C26H25F9N6O2S/c1-3-23(36)11-19(18-10-14(24(27,28)29)4-5-20(18)41(23)22(42)43)21-37-39-40(38-21)12-17(44-2)8-13-6-15(25(30,31)32)9-16(7-13)26(33,34)35/h4-7,9-10,17,19H,3,8,11-12,36H2,1-2H3,(H,42,43)/t17?,19-,23+/m0/s1. The minimum atomic E-state index is -5.01. The van der Waals surface area contributed by atoms with Crippen LogP contribution in [0.5, 0.6) is 0 Å². The summed E-state index contributed by atoms with van der Waals surface area (Å²) in [6.45, 7) is 1.48. The van der Waals surface area contributed by atoms with Gasteiger partial charge in [0.25, 0.3) is 0 Å². The van der Waals surface area contributed by atoms with Gasteiger partial charge < -0.3 is 10.8 Å². The lowest BCUT2D eigenvalue weighted by Crippen LogP contribution is -2.61. The quantitative estimate of drug-likeness (QED) is 0.270. The number of halogens is 9. The largest absolute Gasteiger partial charge is 0.465 e. The van der Waals surface area contributed by atoms with Crippen molar-refractivity contribution in [3.05, 3.63) is 70.0 Å². The molecule has 2 aromatic carbocycles. The van der Waals surface area contributed by atoms with E-state index in [2.05, 4.69) is 15.4 Å². The van der Waals surface area contributed by atoms with Crippen LogP contribution >= 0.6 is 11.8 Å². The van der Waals surface area contributed by atoms with Crippen molar-refractivity contribution in [3.63, 3.8) is 0 Å². The van der Waals surface area contributed by atoms with Gasteiger partial charge in [-0.1, -0.05) is 6.92 Å². The van der Waals surface area contributed by atoms with Gasteiger partial charge in [0.1, 0.15) is 5.66 Å². The Morgan fingerprint density at radius 1 is 1.02 bits per heavy atom. The van der Waals surface area contributed by atoms with Crippen LogP contribution in [-0.4, -0.2) is 48.6 Å². The van der Waals surface area contributed by atoms with Gasteiger partial charge >= 0.3 is 24.6 Å². The van der Waals surface area contributed by atoms with Gasteiger partial charge in [-0.3, -0.25) is 4.90 Å². The zero-order valence-corrected chi connectivity index (χ0v) is 23.7. The molecule has 3 N–H and O–H groups in total. The molecule has 4 rings (SSSR count). The predicted molar refractivity (Wildman–Crippen MR) is 141 cm³/mol. The summed E-state index contributed by atoms with van der Waals surface area (Å²) in [6, 6.07) is 3.84. The SMILES string of the molecule is CC[C@]1(N)C[C@H](c2nnn(CC(Cc3cc(C(F)(F)F)cc(C(F)(F)F)c3)SC)n2)c2cc(C(F)(F)F)ccc2N1C(=O)O. The normalized spacial score (nSPS) is 20.0. The summed E-state index contributed by atoms with van der Waals surface area (Å²) >= 11 is 1.12. The molecule has 3 atom stereocenters. The first kappa shape index (κ1) is 33.4. The molecule has 0 bridgehead atoms. The van der Waals surface area contributed by atoms with Crippen molar-refractivity contribution in [2.24, 2.45) is 5.73 Å². The van der Waals surface area contributed by atoms with Gasteiger partial charge in [-0.25, -0.2) is 4.79 Å². The third-order valence-electron chi connectivity index (χ3n) is 7.37. The van der Waals surface area contributed by atoms with Crippen LogP contribution in [0.4, 0.5) is 50.0 Å². The molecule has 0 saturated heterocycles. The van der Waals surface area contributed by atoms with Crippen molar-refractivity contribution in [1.82, 2.24) is 20.2 Å². The summed E-state index contributed by atoms with van der Waals surface area (Å²) in [4.78, 5) is 14.0. The zero-order chi connectivity index (χ0) is 32.8. The van der Waals surface area contributed by atoms with E-state index in [9.17, 15) is 49.4 Å². The van der Waals surface area contributed by atoms with E-state index in [1.165, 1.54) is 0 Å². The van der Waals surface area contributed by atoms with Gasteiger partial charge in [-0.2, -0.15) is 56.1 Å². The average molecular weight is 657 g/mol. The van der Waals surface area contributed by atoms with E-state index in [1.54, 1.807) is 13.2 Å². The van der Waals surface area contributed by atoms with E-state index < -0.39 is 58.1 Å². The van der Waals surface area contributed by atoms with E-state index in [0.29, 0.717) is 12.1 Å². The third kappa shape index (κ3) is 6.90. The Labute approximate surface area is 248 Å². The van der Waals surface area contributed by atoms with Crippen molar-refractivity contribution >= 4 is 23.5 Å². The number of nitrogens with two attached hydrogens (primary N) is 1. The first-order valence-corrected chi connectivity index (χ1v) is 14.2. The van der Waals surface area contributed by atoms with Crippen LogP contribution in [0.25, 0.3) is 0 Å². The Morgan fingerprint density at radius 3 is 2.11 bits per heavy atom. The molecular formula is C26H25F9N6O2S. The van der Waals surface area contributed by atoms with E-state index in [0.717, 1.165) is 39.7 Å². The van der Waals surface area contributed by atoms with Crippen molar-refractivity contribution in [2.75, 3.05) is 11.2 Å². The summed E-state index contributed by atoms with van der Waals surface area (Å²) in [5.74, 6) is -1.11. The smallest absolute Gasteiger partial charge is 0.416 e. The van der Waals surface area contributed by atoms with Gasteiger partial charge in [-0.15, -0.1) is 10.2 Å². The molecule has 3 aromatic rings. The summed E-state index contributed by atoms with van der Waals surface area (Å²) in [6.07, 6.45) is -15.0. The Hall–Kier alpha value is -3.54. The first-order valence-electron chi connectivity index (χ1n) is 12.9. The van der Waals surface area contributed by atoms with Crippen LogP contribution in [-0.2, 0) is 31.5 Å². The topological polar surface area (TPSA) is 110 Å². The van der Waals surface area contributed by atoms with Gasteiger partial charge in [-0.05, 0) is 78.3 Å². The second-order valence-corrected chi connectivity index (χ2v) is 11.4. The van der Waals surface area contributed by atoms with Gasteiger partial charge in [0.2, 0.25) is 0 Å². The average Bonchev–Trinajstić information content (AvgIpc) is 3.38. The van der Waals surface area contributed by atoms with Crippen molar-refractivity contribution < 1.29 is 49.4 Å². The lowest BCUT2D eigenvalue weighted by Gasteiger charge is -2.45. The molecule has 1 aromatic heterocycles. The number of alkyl halides is 9. The van der Waals surface area contributed by atoms with Crippen molar-refractivity contribution in [3.8, 4) is 0 Å². The summed E-state index contributed by atoms with van der Waals surface area (Å²) in [7, 11) is 0. The molecule has 1 aliphatic rings. The number of rotatable bonds is 7. The zero-order valence-electron chi connectivity index (χ0n) is 22.9. The molecule has 0 spiro atoms. The van der Waals surface area contributed by atoms with Gasteiger partial charge in [0, 0.05) is 5.25 Å². The first-order chi connectivity index (χ1) is 20.3. The lowest BCUT2D eigenvalue weighted by atomic mass is 9.80. The molecule has 0 saturated carbocycles. The number of amides is 1. The number of nitrogens with zero attached hydrogens (tertiary/aromatic N) is 5. The maximum atomic E-state index is 13.6. The maximum absolute atomic E-state index is 13.6. The molecule has 18 heteroatoms. The van der Waals surface area contributed by atoms with Crippen molar-refractivity contribution in [2.45, 2.75) is 68.1 Å². The molecule has 44 heavy (non-hydrogen) atoms. The molecule has 1 aliphatic heterocycles. The van der Waals surface area contributed by atoms with Crippen LogP contribution in [0.1, 0.15) is 59.3 Å². The molecule has 0 radical (unpaired) electrons. The Morgan fingerprint density at radius 2 is 1.61 bits per heavy atom. The second-order valence-electron chi connectivity index (χ2n) is 10.3. The number of thioether (sulfide) groups is 1. The second kappa shape index (κ2) is 11.8. The lowest BCUT2D eigenvalue weighted by molar-refractivity contribution is -0.143. The van der Waals surface area contributed by atoms with Crippen LogP contribution in [0, 0.1) is 0 Å². The molecule has 240 valence electrons. The number of aromatic nitrogens is 4. The van der Waals surface area contributed by atoms with Gasteiger partial charge in [0.05, 0.1) is 34.8 Å². The number of anilines is 1. The third-order valence-corrected chi connectivity index (χ3v) is 8.35. The van der Waals surface area contributed by atoms with Crippen LogP contribution in [0.2, 0.25) is 0 Å². The van der Waals surface area contributed by atoms with E-state index in [1.807, 2.05) is 0 Å². The number of fused-ring (bicyclic) bond motifs is 1. The monoisotopic (exact) mass is 656 g/mol.